The van der Waals surface area contributed by atoms with Crippen molar-refractivity contribution in [2.24, 2.45) is 7.05 Å². The molecule has 0 saturated heterocycles. The molecule has 0 amide bonds. The van der Waals surface area contributed by atoms with Gasteiger partial charge in [0.1, 0.15) is 5.15 Å². The fourth-order valence-electron chi connectivity index (χ4n) is 2.06. The van der Waals surface area contributed by atoms with Gasteiger partial charge in [0.2, 0.25) is 0 Å². The normalized spacial score (nSPS) is 11.8. The number of hydrogen-bond donors (Lipinski definition) is 1. The number of nitrogen functional groups attached to an aromatic ring is 1. The van der Waals surface area contributed by atoms with Crippen LogP contribution in [0.25, 0.3) is 0 Å². The first-order chi connectivity index (χ1) is 9.22. The number of halogens is 1. The number of aryl methyl sites for hydroxylation is 3. The van der Waals surface area contributed by atoms with E-state index < -0.39 is 9.84 Å². The van der Waals surface area contributed by atoms with E-state index in [2.05, 4.69) is 5.10 Å². The molecule has 0 aliphatic rings. The van der Waals surface area contributed by atoms with Gasteiger partial charge in [-0.25, -0.2) is 8.42 Å². The van der Waals surface area contributed by atoms with Crippen molar-refractivity contribution in [1.82, 2.24) is 9.78 Å². The van der Waals surface area contributed by atoms with E-state index in [1.54, 1.807) is 33.0 Å². The maximum atomic E-state index is 12.5. The van der Waals surface area contributed by atoms with Crippen molar-refractivity contribution in [1.29, 1.82) is 0 Å². The van der Waals surface area contributed by atoms with E-state index in [1.165, 1.54) is 10.7 Å². The van der Waals surface area contributed by atoms with E-state index in [9.17, 15) is 8.42 Å². The van der Waals surface area contributed by atoms with Crippen LogP contribution in [-0.4, -0.2) is 18.2 Å². The second-order valence-electron chi connectivity index (χ2n) is 4.76. The van der Waals surface area contributed by atoms with Gasteiger partial charge in [-0.2, -0.15) is 5.10 Å². The van der Waals surface area contributed by atoms with Crippen LogP contribution in [0.15, 0.2) is 23.1 Å². The van der Waals surface area contributed by atoms with Crippen LogP contribution in [0.1, 0.15) is 16.8 Å². The van der Waals surface area contributed by atoms with Crippen molar-refractivity contribution in [2.75, 3.05) is 5.73 Å². The zero-order valence-electron chi connectivity index (χ0n) is 11.5. The van der Waals surface area contributed by atoms with Gasteiger partial charge in [-0.15, -0.1) is 0 Å². The first-order valence-electron chi connectivity index (χ1n) is 5.99. The zero-order valence-corrected chi connectivity index (χ0v) is 13.1. The van der Waals surface area contributed by atoms with Crippen molar-refractivity contribution in [3.8, 4) is 0 Å². The van der Waals surface area contributed by atoms with Gasteiger partial charge in [-0.05, 0) is 31.5 Å². The first-order valence-corrected chi connectivity index (χ1v) is 8.02. The summed E-state index contributed by atoms with van der Waals surface area (Å²) in [4.78, 5) is 0.233. The van der Waals surface area contributed by atoms with Crippen molar-refractivity contribution in [3.05, 3.63) is 40.2 Å². The van der Waals surface area contributed by atoms with Crippen molar-refractivity contribution in [3.63, 3.8) is 0 Å². The van der Waals surface area contributed by atoms with Gasteiger partial charge in [0.25, 0.3) is 0 Å². The number of nitrogens with zero attached hydrogens (tertiary/aromatic N) is 2. The van der Waals surface area contributed by atoms with E-state index in [-0.39, 0.29) is 10.6 Å². The summed E-state index contributed by atoms with van der Waals surface area (Å²) < 4.78 is 26.5. The summed E-state index contributed by atoms with van der Waals surface area (Å²) in [6.07, 6.45) is 0. The number of rotatable bonds is 3. The molecule has 1 aromatic heterocycles. The molecule has 0 aliphatic carbocycles. The SMILES string of the molecule is Cc1ccc(N)cc1S(=O)(=O)Cc1c(C)nn(C)c1Cl. The minimum Gasteiger partial charge on any atom is -0.399 e. The Balaban J connectivity index is 2.49. The summed E-state index contributed by atoms with van der Waals surface area (Å²) in [6, 6.07) is 4.85. The van der Waals surface area contributed by atoms with Gasteiger partial charge in [0, 0.05) is 18.3 Å². The molecule has 108 valence electrons. The van der Waals surface area contributed by atoms with E-state index in [0.29, 0.717) is 27.7 Å². The van der Waals surface area contributed by atoms with Crippen molar-refractivity contribution >= 4 is 27.1 Å². The van der Waals surface area contributed by atoms with Gasteiger partial charge in [-0.1, -0.05) is 17.7 Å². The molecule has 2 N–H and O–H groups in total. The molecular weight excluding hydrogens is 298 g/mol. The highest BCUT2D eigenvalue weighted by atomic mass is 35.5. The van der Waals surface area contributed by atoms with E-state index in [0.717, 1.165) is 0 Å². The Morgan fingerprint density at radius 2 is 2.00 bits per heavy atom. The second-order valence-corrected chi connectivity index (χ2v) is 7.08. The molecule has 1 heterocycles. The Labute approximate surface area is 123 Å². The third kappa shape index (κ3) is 2.66. The molecule has 0 bridgehead atoms. The summed E-state index contributed by atoms with van der Waals surface area (Å²) in [7, 11) is -1.84. The summed E-state index contributed by atoms with van der Waals surface area (Å²) >= 11 is 6.09. The minimum absolute atomic E-state index is 0.185. The number of nitrogens with two attached hydrogens (primary N) is 1. The van der Waals surface area contributed by atoms with E-state index in [4.69, 9.17) is 17.3 Å². The molecule has 5 nitrogen and oxygen atoms in total. The lowest BCUT2D eigenvalue weighted by Crippen LogP contribution is -2.08. The lowest BCUT2D eigenvalue weighted by atomic mass is 10.2. The largest absolute Gasteiger partial charge is 0.399 e. The first kappa shape index (κ1) is 14.9. The molecule has 0 spiro atoms. The molecule has 0 radical (unpaired) electrons. The highest BCUT2D eigenvalue weighted by molar-refractivity contribution is 7.90. The summed E-state index contributed by atoms with van der Waals surface area (Å²) in [5, 5.41) is 4.46. The van der Waals surface area contributed by atoms with Crippen LogP contribution in [-0.2, 0) is 22.6 Å². The van der Waals surface area contributed by atoms with E-state index >= 15 is 0 Å². The monoisotopic (exact) mass is 313 g/mol. The number of hydrogen-bond acceptors (Lipinski definition) is 4. The standard InChI is InChI=1S/C13H16ClN3O2S/c1-8-4-5-10(15)6-12(8)20(18,19)7-11-9(2)16-17(3)13(11)14/h4-6H,7,15H2,1-3H3. The highest BCUT2D eigenvalue weighted by Crippen LogP contribution is 2.27. The Morgan fingerprint density at radius 3 is 2.55 bits per heavy atom. The van der Waals surface area contributed by atoms with E-state index in [1.807, 2.05) is 0 Å². The predicted octanol–water partition coefficient (Wildman–Crippen LogP) is 2.25. The quantitative estimate of drug-likeness (QED) is 0.882. The van der Waals surface area contributed by atoms with Crippen LogP contribution >= 0.6 is 11.6 Å². The summed E-state index contributed by atoms with van der Waals surface area (Å²) in [6.45, 7) is 3.48. The topological polar surface area (TPSA) is 78.0 Å². The van der Waals surface area contributed by atoms with Crippen LogP contribution in [0.5, 0.6) is 0 Å². The average Bonchev–Trinajstić information content (AvgIpc) is 2.59. The lowest BCUT2D eigenvalue weighted by molar-refractivity contribution is 0.594. The number of anilines is 1. The van der Waals surface area contributed by atoms with Gasteiger partial charge in [-0.3, -0.25) is 4.68 Å². The third-order valence-corrected chi connectivity index (χ3v) is 5.40. The maximum absolute atomic E-state index is 12.5. The molecule has 7 heteroatoms. The molecule has 2 aromatic rings. The lowest BCUT2D eigenvalue weighted by Gasteiger charge is -2.08. The Bertz CT molecular complexity index is 766. The van der Waals surface area contributed by atoms with Crippen LogP contribution in [0.3, 0.4) is 0 Å². The molecule has 0 aliphatic heterocycles. The number of benzene rings is 1. The summed E-state index contributed by atoms with van der Waals surface area (Å²) in [5.41, 5.74) is 7.90. The van der Waals surface area contributed by atoms with Crippen LogP contribution < -0.4 is 5.73 Å². The molecule has 0 fully saturated rings. The summed E-state index contributed by atoms with van der Waals surface area (Å²) in [5.74, 6) is -0.185. The number of aromatic nitrogens is 2. The average molecular weight is 314 g/mol. The van der Waals surface area contributed by atoms with Crippen LogP contribution in [0, 0.1) is 13.8 Å². The van der Waals surface area contributed by atoms with Gasteiger partial charge in [0.15, 0.2) is 9.84 Å². The molecule has 0 unspecified atom stereocenters. The van der Waals surface area contributed by atoms with Crippen molar-refractivity contribution < 1.29 is 8.42 Å². The third-order valence-electron chi connectivity index (χ3n) is 3.15. The fraction of sp³-hybridized carbons (Fsp3) is 0.308. The minimum atomic E-state index is -3.52. The number of sulfone groups is 1. The molecular formula is C13H16ClN3O2S. The Hall–Kier alpha value is -1.53. The van der Waals surface area contributed by atoms with Crippen LogP contribution in [0.4, 0.5) is 5.69 Å². The van der Waals surface area contributed by atoms with Gasteiger partial charge < -0.3 is 5.73 Å². The smallest absolute Gasteiger partial charge is 0.183 e. The zero-order chi connectivity index (χ0) is 15.1. The molecule has 0 saturated carbocycles. The second kappa shape index (κ2) is 5.10. The van der Waals surface area contributed by atoms with Gasteiger partial charge in [0.05, 0.1) is 16.3 Å². The fourth-order valence-corrected chi connectivity index (χ4v) is 4.13. The molecule has 0 atom stereocenters. The highest BCUT2D eigenvalue weighted by Gasteiger charge is 2.23. The Morgan fingerprint density at radius 1 is 1.35 bits per heavy atom. The predicted molar refractivity (Wildman–Crippen MR) is 79.4 cm³/mol. The maximum Gasteiger partial charge on any atom is 0.183 e. The molecule has 2 rings (SSSR count). The van der Waals surface area contributed by atoms with Crippen molar-refractivity contribution in [2.45, 2.75) is 24.5 Å². The molecule has 1 aromatic carbocycles. The van der Waals surface area contributed by atoms with Crippen LogP contribution in [0.2, 0.25) is 5.15 Å². The molecule has 20 heavy (non-hydrogen) atoms. The Kier molecular flexibility index (Phi) is 3.80. The van der Waals surface area contributed by atoms with Gasteiger partial charge >= 0.3 is 0 Å².